The Morgan fingerprint density at radius 1 is 1.29 bits per heavy atom. The van der Waals surface area contributed by atoms with Crippen LogP contribution in [0, 0.1) is 0 Å². The minimum atomic E-state index is 0.192. The van der Waals surface area contributed by atoms with Crippen molar-refractivity contribution in [1.29, 1.82) is 0 Å². The van der Waals surface area contributed by atoms with E-state index in [9.17, 15) is 5.11 Å². The second-order valence-corrected chi connectivity index (χ2v) is 5.48. The third-order valence-corrected chi connectivity index (χ3v) is 3.87. The molecule has 2 aromatic rings. The van der Waals surface area contributed by atoms with Gasteiger partial charge in [-0.15, -0.1) is 0 Å². The predicted octanol–water partition coefficient (Wildman–Crippen LogP) is 2.54. The van der Waals surface area contributed by atoms with E-state index in [1.807, 2.05) is 17.8 Å². The Morgan fingerprint density at radius 3 is 2.62 bits per heavy atom. The molecule has 21 heavy (non-hydrogen) atoms. The highest BCUT2D eigenvalue weighted by Crippen LogP contribution is 2.25. The summed E-state index contributed by atoms with van der Waals surface area (Å²) in [7, 11) is 4.07. The fraction of sp³-hybridized carbons (Fsp3) is 0.471. The molecule has 0 spiro atoms. The molecule has 0 aliphatic rings. The first-order valence-electron chi connectivity index (χ1n) is 7.53. The van der Waals surface area contributed by atoms with E-state index in [-0.39, 0.29) is 12.6 Å². The lowest BCUT2D eigenvalue weighted by atomic mass is 10.0. The Morgan fingerprint density at radius 2 is 2.00 bits per heavy atom. The van der Waals surface area contributed by atoms with Gasteiger partial charge in [0, 0.05) is 38.0 Å². The summed E-state index contributed by atoms with van der Waals surface area (Å²) in [6.45, 7) is 3.17. The highest BCUT2D eigenvalue weighted by atomic mass is 16.3. The van der Waals surface area contributed by atoms with Crippen molar-refractivity contribution >= 4 is 0 Å². The molecule has 0 aliphatic heterocycles. The van der Waals surface area contributed by atoms with Crippen molar-refractivity contribution in [2.75, 3.05) is 13.7 Å². The molecular weight excluding hydrogens is 262 g/mol. The van der Waals surface area contributed by atoms with Crippen LogP contribution >= 0.6 is 0 Å². The number of aliphatic hydroxyl groups excluding tert-OH is 1. The Hall–Kier alpha value is -1.65. The van der Waals surface area contributed by atoms with Crippen molar-refractivity contribution < 1.29 is 5.11 Å². The zero-order chi connectivity index (χ0) is 15.2. The lowest BCUT2D eigenvalue weighted by molar-refractivity contribution is 0.180. The molecule has 4 nitrogen and oxygen atoms in total. The molecule has 0 fully saturated rings. The molecule has 0 aliphatic carbocycles. The SMILES string of the molecule is CCc1nn(C)cc1CN(C)C(CCO)c1ccccc1. The molecule has 4 heteroatoms. The fourth-order valence-electron chi connectivity index (χ4n) is 2.83. The molecule has 1 aromatic carbocycles. The summed E-state index contributed by atoms with van der Waals surface area (Å²) in [4.78, 5) is 2.29. The summed E-state index contributed by atoms with van der Waals surface area (Å²) >= 11 is 0. The number of hydrogen-bond acceptors (Lipinski definition) is 3. The molecule has 1 atom stereocenters. The molecule has 114 valence electrons. The summed E-state index contributed by atoms with van der Waals surface area (Å²) in [6.07, 6.45) is 3.78. The maximum absolute atomic E-state index is 9.37. The van der Waals surface area contributed by atoms with E-state index in [1.54, 1.807) is 0 Å². The summed E-state index contributed by atoms with van der Waals surface area (Å²) in [6, 6.07) is 10.6. The topological polar surface area (TPSA) is 41.3 Å². The average molecular weight is 287 g/mol. The molecule has 2 rings (SSSR count). The van der Waals surface area contributed by atoms with E-state index in [1.165, 1.54) is 11.1 Å². The first-order chi connectivity index (χ1) is 10.2. The maximum Gasteiger partial charge on any atom is 0.0666 e. The summed E-state index contributed by atoms with van der Waals surface area (Å²) in [5, 5.41) is 13.9. The largest absolute Gasteiger partial charge is 0.396 e. The van der Waals surface area contributed by atoms with Crippen LogP contribution in [0.2, 0.25) is 0 Å². The van der Waals surface area contributed by atoms with Crippen LogP contribution in [0.3, 0.4) is 0 Å². The second-order valence-electron chi connectivity index (χ2n) is 5.48. The van der Waals surface area contributed by atoms with Gasteiger partial charge in [-0.3, -0.25) is 9.58 Å². The summed E-state index contributed by atoms with van der Waals surface area (Å²) in [5.74, 6) is 0. The van der Waals surface area contributed by atoms with Gasteiger partial charge in [0.05, 0.1) is 5.69 Å². The zero-order valence-corrected chi connectivity index (χ0v) is 13.2. The van der Waals surface area contributed by atoms with Crippen LogP contribution in [0.1, 0.15) is 36.2 Å². The van der Waals surface area contributed by atoms with Gasteiger partial charge in [-0.05, 0) is 25.5 Å². The van der Waals surface area contributed by atoms with Crippen molar-refractivity contribution in [1.82, 2.24) is 14.7 Å². The number of hydrogen-bond donors (Lipinski definition) is 1. The number of rotatable bonds is 7. The molecule has 0 bridgehead atoms. The standard InChI is InChI=1S/C17H25N3O/c1-4-16-15(13-20(3)18-16)12-19(2)17(10-11-21)14-8-6-5-7-9-14/h5-9,13,17,21H,4,10-12H2,1-3H3. The molecule has 0 radical (unpaired) electrons. The third-order valence-electron chi connectivity index (χ3n) is 3.87. The van der Waals surface area contributed by atoms with Gasteiger partial charge in [-0.25, -0.2) is 0 Å². The second kappa shape index (κ2) is 7.38. The van der Waals surface area contributed by atoms with Gasteiger partial charge in [0.25, 0.3) is 0 Å². The Balaban J connectivity index is 2.17. The predicted molar refractivity (Wildman–Crippen MR) is 84.9 cm³/mol. The molecular formula is C17H25N3O. The molecule has 1 unspecified atom stereocenters. The minimum Gasteiger partial charge on any atom is -0.396 e. The first-order valence-corrected chi connectivity index (χ1v) is 7.53. The smallest absolute Gasteiger partial charge is 0.0666 e. The molecule has 1 heterocycles. The van der Waals surface area contributed by atoms with E-state index in [0.29, 0.717) is 0 Å². The Kier molecular flexibility index (Phi) is 5.53. The van der Waals surface area contributed by atoms with Crippen LogP contribution in [0.15, 0.2) is 36.5 Å². The van der Waals surface area contributed by atoms with E-state index >= 15 is 0 Å². The zero-order valence-electron chi connectivity index (χ0n) is 13.2. The van der Waals surface area contributed by atoms with Crippen molar-refractivity contribution in [2.45, 2.75) is 32.4 Å². The molecule has 1 N–H and O–H groups in total. The number of aryl methyl sites for hydroxylation is 2. The van der Waals surface area contributed by atoms with Crippen molar-refractivity contribution in [3.63, 3.8) is 0 Å². The Bertz CT molecular complexity index is 550. The van der Waals surface area contributed by atoms with E-state index in [2.05, 4.69) is 54.4 Å². The van der Waals surface area contributed by atoms with Crippen LogP contribution in [0.5, 0.6) is 0 Å². The van der Waals surface area contributed by atoms with Crippen LogP contribution in [-0.2, 0) is 20.0 Å². The number of aromatic nitrogens is 2. The summed E-state index contributed by atoms with van der Waals surface area (Å²) in [5.41, 5.74) is 3.66. The van der Waals surface area contributed by atoms with Gasteiger partial charge < -0.3 is 5.11 Å². The monoisotopic (exact) mass is 287 g/mol. The minimum absolute atomic E-state index is 0.192. The van der Waals surface area contributed by atoms with Crippen molar-refractivity contribution in [3.05, 3.63) is 53.3 Å². The average Bonchev–Trinajstić information content (AvgIpc) is 2.85. The third kappa shape index (κ3) is 3.93. The van der Waals surface area contributed by atoms with Crippen LogP contribution in [0.4, 0.5) is 0 Å². The number of nitrogens with zero attached hydrogens (tertiary/aromatic N) is 3. The maximum atomic E-state index is 9.37. The van der Waals surface area contributed by atoms with Crippen LogP contribution in [0.25, 0.3) is 0 Å². The van der Waals surface area contributed by atoms with Gasteiger partial charge in [0.15, 0.2) is 0 Å². The molecule has 1 aromatic heterocycles. The van der Waals surface area contributed by atoms with E-state index in [0.717, 1.165) is 25.1 Å². The lowest BCUT2D eigenvalue weighted by Crippen LogP contribution is -2.25. The van der Waals surface area contributed by atoms with Gasteiger partial charge in [-0.2, -0.15) is 5.10 Å². The van der Waals surface area contributed by atoms with Crippen LogP contribution in [-0.4, -0.2) is 33.4 Å². The first kappa shape index (κ1) is 15.7. The van der Waals surface area contributed by atoms with Crippen molar-refractivity contribution in [3.8, 4) is 0 Å². The molecule has 0 saturated carbocycles. The lowest BCUT2D eigenvalue weighted by Gasteiger charge is -2.28. The van der Waals surface area contributed by atoms with E-state index in [4.69, 9.17) is 0 Å². The van der Waals surface area contributed by atoms with Gasteiger partial charge >= 0.3 is 0 Å². The molecule has 0 saturated heterocycles. The van der Waals surface area contributed by atoms with E-state index < -0.39 is 0 Å². The molecule has 0 amide bonds. The fourth-order valence-corrected chi connectivity index (χ4v) is 2.83. The van der Waals surface area contributed by atoms with Crippen molar-refractivity contribution in [2.24, 2.45) is 7.05 Å². The van der Waals surface area contributed by atoms with Gasteiger partial charge in [0.1, 0.15) is 0 Å². The quantitative estimate of drug-likeness (QED) is 0.851. The summed E-state index contributed by atoms with van der Waals surface area (Å²) < 4.78 is 1.88. The number of aliphatic hydroxyl groups is 1. The Labute approximate surface area is 127 Å². The van der Waals surface area contributed by atoms with Gasteiger partial charge in [-0.1, -0.05) is 37.3 Å². The van der Waals surface area contributed by atoms with Gasteiger partial charge in [0.2, 0.25) is 0 Å². The number of benzene rings is 1. The van der Waals surface area contributed by atoms with Crippen LogP contribution < -0.4 is 0 Å². The normalized spacial score (nSPS) is 12.8. The highest BCUT2D eigenvalue weighted by Gasteiger charge is 2.18. The highest BCUT2D eigenvalue weighted by molar-refractivity contribution is 5.21.